The maximum absolute atomic E-state index is 4.54. The lowest BCUT2D eigenvalue weighted by Crippen LogP contribution is -2.34. The van der Waals surface area contributed by atoms with Crippen molar-refractivity contribution in [2.24, 2.45) is 0 Å². The van der Waals surface area contributed by atoms with Crippen LogP contribution in [0.3, 0.4) is 0 Å². The Morgan fingerprint density at radius 1 is 1.24 bits per heavy atom. The highest BCUT2D eigenvalue weighted by molar-refractivity contribution is 5.59. The van der Waals surface area contributed by atoms with Gasteiger partial charge in [0.15, 0.2) is 0 Å². The van der Waals surface area contributed by atoms with Gasteiger partial charge in [-0.15, -0.1) is 0 Å². The lowest BCUT2D eigenvalue weighted by atomic mass is 10.0. The van der Waals surface area contributed by atoms with Gasteiger partial charge < -0.3 is 10.6 Å². The Hall–Kier alpha value is -1.36. The molecular formula is C16H27N5. The van der Waals surface area contributed by atoms with Gasteiger partial charge in [0.2, 0.25) is 0 Å². The maximum Gasteiger partial charge on any atom is 0.135 e. The second-order valence-electron chi connectivity index (χ2n) is 6.45. The first-order valence-electron chi connectivity index (χ1n) is 8.30. The summed E-state index contributed by atoms with van der Waals surface area (Å²) in [7, 11) is 0. The Bertz CT molecular complexity index is 488. The molecule has 0 spiro atoms. The Morgan fingerprint density at radius 2 is 2.05 bits per heavy atom. The summed E-state index contributed by atoms with van der Waals surface area (Å²) in [6, 6.07) is 1.23. The van der Waals surface area contributed by atoms with Gasteiger partial charge in [0.1, 0.15) is 18.0 Å². The van der Waals surface area contributed by atoms with Crippen molar-refractivity contribution < 1.29 is 0 Å². The first-order valence-corrected chi connectivity index (χ1v) is 8.30. The highest BCUT2D eigenvalue weighted by Crippen LogP contribution is 2.33. The van der Waals surface area contributed by atoms with Gasteiger partial charge in [-0.2, -0.15) is 0 Å². The molecule has 0 amide bonds. The van der Waals surface area contributed by atoms with Crippen molar-refractivity contribution in [3.05, 3.63) is 11.9 Å². The molecule has 0 aliphatic carbocycles. The molecule has 5 nitrogen and oxygen atoms in total. The summed E-state index contributed by atoms with van der Waals surface area (Å²) in [6.45, 7) is 9.90. The predicted molar refractivity (Wildman–Crippen MR) is 86.9 cm³/mol. The molecule has 21 heavy (non-hydrogen) atoms. The number of nitrogens with one attached hydrogen (secondary N) is 2. The molecule has 2 aliphatic rings. The minimum absolute atomic E-state index is 0.406. The molecule has 0 saturated carbocycles. The fourth-order valence-corrected chi connectivity index (χ4v) is 3.79. The minimum atomic E-state index is 0.406. The first kappa shape index (κ1) is 14.6. The standard InChI is InChI=1S/C16H27N5/c1-4-17-15-14(11(2)3)16(19-10-18-15)20-12-7-9-21-8-5-6-13(12)21/h10-13H,4-9H2,1-3H3,(H2,17,18,19,20). The number of nitrogens with zero attached hydrogens (tertiary/aromatic N) is 3. The SMILES string of the molecule is CCNc1ncnc(NC2CCN3CCCC23)c1C(C)C. The molecule has 5 heteroatoms. The van der Waals surface area contributed by atoms with Crippen molar-refractivity contribution >= 4 is 11.6 Å². The summed E-state index contributed by atoms with van der Waals surface area (Å²) in [5.41, 5.74) is 1.22. The van der Waals surface area contributed by atoms with E-state index in [1.807, 2.05) is 0 Å². The molecule has 1 aromatic rings. The Labute approximate surface area is 127 Å². The van der Waals surface area contributed by atoms with Crippen molar-refractivity contribution in [3.63, 3.8) is 0 Å². The van der Waals surface area contributed by atoms with E-state index in [0.717, 1.165) is 18.2 Å². The summed E-state index contributed by atoms with van der Waals surface area (Å²) in [6.07, 6.45) is 5.56. The van der Waals surface area contributed by atoms with Gasteiger partial charge >= 0.3 is 0 Å². The van der Waals surface area contributed by atoms with E-state index in [0.29, 0.717) is 18.0 Å². The molecular weight excluding hydrogens is 262 g/mol. The molecule has 2 fully saturated rings. The van der Waals surface area contributed by atoms with Crippen LogP contribution in [0.1, 0.15) is 51.5 Å². The second-order valence-corrected chi connectivity index (χ2v) is 6.45. The lowest BCUT2D eigenvalue weighted by Gasteiger charge is -2.24. The van der Waals surface area contributed by atoms with Crippen LogP contribution in [0.25, 0.3) is 0 Å². The molecule has 3 rings (SSSR count). The third kappa shape index (κ3) is 2.84. The lowest BCUT2D eigenvalue weighted by molar-refractivity contribution is 0.318. The number of aromatic nitrogens is 2. The zero-order valence-corrected chi connectivity index (χ0v) is 13.4. The Morgan fingerprint density at radius 3 is 2.81 bits per heavy atom. The van der Waals surface area contributed by atoms with Crippen LogP contribution in [0.5, 0.6) is 0 Å². The quantitative estimate of drug-likeness (QED) is 0.873. The van der Waals surface area contributed by atoms with E-state index in [1.165, 1.54) is 37.9 Å². The van der Waals surface area contributed by atoms with Crippen LogP contribution >= 0.6 is 0 Å². The Kier molecular flexibility index (Phi) is 4.29. The summed E-state index contributed by atoms with van der Waals surface area (Å²) >= 11 is 0. The van der Waals surface area contributed by atoms with Gasteiger partial charge in [0, 0.05) is 30.7 Å². The average molecular weight is 289 g/mol. The van der Waals surface area contributed by atoms with Crippen LogP contribution in [-0.2, 0) is 0 Å². The van der Waals surface area contributed by atoms with E-state index in [4.69, 9.17) is 0 Å². The van der Waals surface area contributed by atoms with E-state index < -0.39 is 0 Å². The monoisotopic (exact) mass is 289 g/mol. The molecule has 0 aromatic carbocycles. The number of rotatable bonds is 5. The Balaban J connectivity index is 1.83. The molecule has 0 bridgehead atoms. The number of hydrogen-bond acceptors (Lipinski definition) is 5. The van der Waals surface area contributed by atoms with E-state index >= 15 is 0 Å². The van der Waals surface area contributed by atoms with Crippen molar-refractivity contribution in [1.82, 2.24) is 14.9 Å². The van der Waals surface area contributed by atoms with E-state index in [1.54, 1.807) is 6.33 Å². The molecule has 2 saturated heterocycles. The van der Waals surface area contributed by atoms with Gasteiger partial charge in [0.05, 0.1) is 0 Å². The van der Waals surface area contributed by atoms with Crippen LogP contribution in [0, 0.1) is 0 Å². The maximum atomic E-state index is 4.54. The normalized spacial score (nSPS) is 25.3. The summed E-state index contributed by atoms with van der Waals surface area (Å²) in [5.74, 6) is 2.41. The van der Waals surface area contributed by atoms with Crippen molar-refractivity contribution in [2.45, 2.75) is 58.0 Å². The van der Waals surface area contributed by atoms with Crippen molar-refractivity contribution in [1.29, 1.82) is 0 Å². The molecule has 2 aliphatic heterocycles. The van der Waals surface area contributed by atoms with Crippen LogP contribution in [-0.4, -0.2) is 46.6 Å². The van der Waals surface area contributed by atoms with Gasteiger partial charge in [-0.1, -0.05) is 13.8 Å². The smallest absolute Gasteiger partial charge is 0.135 e. The molecule has 2 N–H and O–H groups in total. The fourth-order valence-electron chi connectivity index (χ4n) is 3.79. The van der Waals surface area contributed by atoms with Gasteiger partial charge in [-0.05, 0) is 38.6 Å². The summed E-state index contributed by atoms with van der Waals surface area (Å²) in [4.78, 5) is 11.6. The fraction of sp³-hybridized carbons (Fsp3) is 0.750. The highest BCUT2D eigenvalue weighted by atomic mass is 15.2. The summed E-state index contributed by atoms with van der Waals surface area (Å²) < 4.78 is 0. The third-order valence-electron chi connectivity index (χ3n) is 4.73. The van der Waals surface area contributed by atoms with Gasteiger partial charge in [-0.3, -0.25) is 4.90 Å². The molecule has 3 heterocycles. The molecule has 2 atom stereocenters. The number of anilines is 2. The third-order valence-corrected chi connectivity index (χ3v) is 4.73. The average Bonchev–Trinajstić information content (AvgIpc) is 3.04. The van der Waals surface area contributed by atoms with Gasteiger partial charge in [0.25, 0.3) is 0 Å². The molecule has 0 radical (unpaired) electrons. The van der Waals surface area contributed by atoms with Crippen molar-refractivity contribution in [2.75, 3.05) is 30.3 Å². The molecule has 1 aromatic heterocycles. The molecule has 116 valence electrons. The van der Waals surface area contributed by atoms with Gasteiger partial charge in [-0.25, -0.2) is 9.97 Å². The zero-order valence-electron chi connectivity index (χ0n) is 13.4. The van der Waals surface area contributed by atoms with E-state index in [-0.39, 0.29) is 0 Å². The van der Waals surface area contributed by atoms with Crippen LogP contribution in [0.4, 0.5) is 11.6 Å². The largest absolute Gasteiger partial charge is 0.370 e. The number of hydrogen-bond donors (Lipinski definition) is 2. The van der Waals surface area contributed by atoms with E-state index in [2.05, 4.69) is 46.3 Å². The van der Waals surface area contributed by atoms with Crippen LogP contribution in [0.2, 0.25) is 0 Å². The second kappa shape index (κ2) is 6.18. The van der Waals surface area contributed by atoms with Crippen molar-refractivity contribution in [3.8, 4) is 0 Å². The zero-order chi connectivity index (χ0) is 14.8. The topological polar surface area (TPSA) is 53.1 Å². The summed E-state index contributed by atoms with van der Waals surface area (Å²) in [5, 5.41) is 7.10. The van der Waals surface area contributed by atoms with Crippen LogP contribution in [0.15, 0.2) is 6.33 Å². The first-order chi connectivity index (χ1) is 10.2. The van der Waals surface area contributed by atoms with Crippen LogP contribution < -0.4 is 10.6 Å². The van der Waals surface area contributed by atoms with E-state index in [9.17, 15) is 0 Å². The highest BCUT2D eigenvalue weighted by Gasteiger charge is 2.37. The number of fused-ring (bicyclic) bond motifs is 1. The molecule has 2 unspecified atom stereocenters. The predicted octanol–water partition coefficient (Wildman–Crippen LogP) is 2.68. The minimum Gasteiger partial charge on any atom is -0.370 e.